The van der Waals surface area contributed by atoms with Gasteiger partial charge in [-0.3, -0.25) is 4.79 Å². The average molecular weight is 371 g/mol. The molecule has 1 aromatic heterocycles. The van der Waals surface area contributed by atoms with Gasteiger partial charge in [0.25, 0.3) is 0 Å². The summed E-state index contributed by atoms with van der Waals surface area (Å²) in [4.78, 5) is 16.6. The number of nitrogens with one attached hydrogen (secondary N) is 1. The molecule has 0 atom stereocenters. The fourth-order valence-corrected chi connectivity index (χ4v) is 3.03. The van der Waals surface area contributed by atoms with Crippen molar-refractivity contribution in [2.75, 3.05) is 5.32 Å². The molecule has 0 radical (unpaired) electrons. The molecule has 136 valence electrons. The maximum Gasteiger partial charge on any atom is 0.228 e. The van der Waals surface area contributed by atoms with Gasteiger partial charge in [0.2, 0.25) is 11.8 Å². The Labute approximate surface area is 158 Å². The maximum absolute atomic E-state index is 12.0. The summed E-state index contributed by atoms with van der Waals surface area (Å²) in [6, 6.07) is 11.3. The third kappa shape index (κ3) is 4.25. The molecule has 5 heteroatoms. The number of hydrogen-bond acceptors (Lipinski definition) is 3. The van der Waals surface area contributed by atoms with Crippen LogP contribution >= 0.6 is 11.6 Å². The van der Waals surface area contributed by atoms with Gasteiger partial charge in [0.15, 0.2) is 5.58 Å². The molecule has 0 saturated carbocycles. The minimum absolute atomic E-state index is 0.0110. The fraction of sp³-hybridized carbons (Fsp3) is 0.333. The molecule has 3 rings (SSSR count). The lowest BCUT2D eigenvalue weighted by atomic mass is 10.1. The molecule has 1 heterocycles. The van der Waals surface area contributed by atoms with E-state index >= 15 is 0 Å². The van der Waals surface area contributed by atoms with Crippen LogP contribution < -0.4 is 5.32 Å². The molecule has 4 nitrogen and oxygen atoms in total. The van der Waals surface area contributed by atoms with E-state index in [4.69, 9.17) is 16.0 Å². The average Bonchev–Trinajstić information content (AvgIpc) is 3.06. The molecule has 0 fully saturated rings. The predicted molar refractivity (Wildman–Crippen MR) is 107 cm³/mol. The van der Waals surface area contributed by atoms with E-state index in [0.29, 0.717) is 28.6 Å². The van der Waals surface area contributed by atoms with Gasteiger partial charge in [-0.15, -0.1) is 0 Å². The molecule has 2 aromatic carbocycles. The highest BCUT2D eigenvalue weighted by molar-refractivity contribution is 6.33. The Morgan fingerprint density at radius 1 is 1.15 bits per heavy atom. The number of rotatable bonds is 7. The first-order valence-electron chi connectivity index (χ1n) is 9.10. The van der Waals surface area contributed by atoms with Crippen LogP contribution in [0.15, 0.2) is 40.8 Å². The maximum atomic E-state index is 12.0. The Hall–Kier alpha value is -2.33. The van der Waals surface area contributed by atoms with Crippen molar-refractivity contribution in [2.24, 2.45) is 0 Å². The van der Waals surface area contributed by atoms with Crippen LogP contribution in [-0.2, 0) is 11.2 Å². The monoisotopic (exact) mass is 370 g/mol. The van der Waals surface area contributed by atoms with E-state index < -0.39 is 0 Å². The lowest BCUT2D eigenvalue weighted by Crippen LogP contribution is -2.11. The van der Waals surface area contributed by atoms with Crippen molar-refractivity contribution in [1.29, 1.82) is 0 Å². The van der Waals surface area contributed by atoms with E-state index in [-0.39, 0.29) is 5.91 Å². The summed E-state index contributed by atoms with van der Waals surface area (Å²) in [5.41, 5.74) is 4.11. The molecule has 1 N–H and O–H groups in total. The molecule has 0 aliphatic carbocycles. The van der Waals surface area contributed by atoms with E-state index in [1.165, 1.54) is 5.56 Å². The minimum atomic E-state index is 0.0110. The predicted octanol–water partition coefficient (Wildman–Crippen LogP) is 6.23. The number of halogens is 1. The number of amides is 1. The first-order valence-corrected chi connectivity index (χ1v) is 9.47. The topological polar surface area (TPSA) is 55.1 Å². The number of carbonyl (C=O) groups excluding carboxylic acids is 1. The van der Waals surface area contributed by atoms with Gasteiger partial charge in [0.1, 0.15) is 5.52 Å². The van der Waals surface area contributed by atoms with E-state index in [1.54, 1.807) is 12.1 Å². The van der Waals surface area contributed by atoms with Crippen molar-refractivity contribution in [3.05, 3.63) is 47.0 Å². The number of fused-ring (bicyclic) bond motifs is 1. The van der Waals surface area contributed by atoms with Gasteiger partial charge in [-0.2, -0.15) is 0 Å². The third-order valence-electron chi connectivity index (χ3n) is 4.35. The zero-order valence-electron chi connectivity index (χ0n) is 15.1. The van der Waals surface area contributed by atoms with Crippen LogP contribution in [0.2, 0.25) is 5.02 Å². The Bertz CT molecular complexity index is 918. The van der Waals surface area contributed by atoms with E-state index in [0.717, 1.165) is 36.8 Å². The molecule has 0 aliphatic rings. The largest absolute Gasteiger partial charge is 0.436 e. The van der Waals surface area contributed by atoms with Crippen LogP contribution in [0.5, 0.6) is 0 Å². The van der Waals surface area contributed by atoms with Crippen LogP contribution in [0, 0.1) is 0 Å². The zero-order chi connectivity index (χ0) is 18.5. The smallest absolute Gasteiger partial charge is 0.228 e. The van der Waals surface area contributed by atoms with Crippen molar-refractivity contribution in [1.82, 2.24) is 4.98 Å². The summed E-state index contributed by atoms with van der Waals surface area (Å²) in [5, 5.41) is 3.46. The number of nitrogens with zero attached hydrogens (tertiary/aromatic N) is 1. The zero-order valence-corrected chi connectivity index (χ0v) is 15.9. The summed E-state index contributed by atoms with van der Waals surface area (Å²) in [6.07, 6.45) is 4.51. The van der Waals surface area contributed by atoms with E-state index in [9.17, 15) is 4.79 Å². The SMILES string of the molecule is CCCCCC(=O)Nc1ccc(Cl)c(-c2nc3cc(CC)ccc3o2)c1. The first kappa shape index (κ1) is 18.5. The normalized spacial score (nSPS) is 11.0. The highest BCUT2D eigenvalue weighted by Crippen LogP contribution is 2.32. The Morgan fingerprint density at radius 3 is 2.77 bits per heavy atom. The van der Waals surface area contributed by atoms with Gasteiger partial charge in [0, 0.05) is 12.1 Å². The highest BCUT2D eigenvalue weighted by atomic mass is 35.5. The second kappa shape index (κ2) is 8.37. The van der Waals surface area contributed by atoms with Crippen LogP contribution in [0.25, 0.3) is 22.6 Å². The van der Waals surface area contributed by atoms with E-state index in [2.05, 4.69) is 24.1 Å². The van der Waals surface area contributed by atoms with Crippen molar-refractivity contribution < 1.29 is 9.21 Å². The summed E-state index contributed by atoms with van der Waals surface area (Å²) in [7, 11) is 0. The summed E-state index contributed by atoms with van der Waals surface area (Å²) >= 11 is 6.34. The third-order valence-corrected chi connectivity index (χ3v) is 4.68. The molecular formula is C21H23ClN2O2. The molecule has 3 aromatic rings. The number of aryl methyl sites for hydroxylation is 1. The minimum Gasteiger partial charge on any atom is -0.436 e. The molecule has 0 saturated heterocycles. The Balaban J connectivity index is 1.84. The first-order chi connectivity index (χ1) is 12.6. The number of carbonyl (C=O) groups is 1. The number of aromatic nitrogens is 1. The van der Waals surface area contributed by atoms with Crippen molar-refractivity contribution in [2.45, 2.75) is 46.0 Å². The lowest BCUT2D eigenvalue weighted by molar-refractivity contribution is -0.116. The second-order valence-electron chi connectivity index (χ2n) is 6.37. The molecule has 1 amide bonds. The summed E-state index contributed by atoms with van der Waals surface area (Å²) in [5.74, 6) is 0.470. The van der Waals surface area contributed by atoms with Crippen LogP contribution in [0.3, 0.4) is 0 Å². The molecule has 0 unspecified atom stereocenters. The number of unbranched alkanes of at least 4 members (excludes halogenated alkanes) is 2. The fourth-order valence-electron chi connectivity index (χ4n) is 2.83. The van der Waals surface area contributed by atoms with Crippen molar-refractivity contribution >= 4 is 34.3 Å². The van der Waals surface area contributed by atoms with Gasteiger partial charge in [-0.25, -0.2) is 4.98 Å². The van der Waals surface area contributed by atoms with Gasteiger partial charge in [0.05, 0.1) is 10.6 Å². The molecule has 0 aliphatic heterocycles. The number of benzene rings is 2. The quantitative estimate of drug-likeness (QED) is 0.501. The van der Waals surface area contributed by atoms with Gasteiger partial charge in [-0.05, 0) is 48.7 Å². The standard InChI is InChI=1S/C21H23ClN2O2/c1-3-5-6-7-20(25)23-15-9-10-17(22)16(13-15)21-24-18-12-14(4-2)8-11-19(18)26-21/h8-13H,3-7H2,1-2H3,(H,23,25). The van der Waals surface area contributed by atoms with Crippen molar-refractivity contribution in [3.63, 3.8) is 0 Å². The molecule has 0 spiro atoms. The van der Waals surface area contributed by atoms with Gasteiger partial charge in [-0.1, -0.05) is 44.4 Å². The number of anilines is 1. The number of hydrogen-bond donors (Lipinski definition) is 1. The Morgan fingerprint density at radius 2 is 2.00 bits per heavy atom. The van der Waals surface area contributed by atoms with Crippen molar-refractivity contribution in [3.8, 4) is 11.5 Å². The summed E-state index contributed by atoms with van der Waals surface area (Å²) in [6.45, 7) is 4.22. The van der Waals surface area contributed by atoms with Crippen LogP contribution in [-0.4, -0.2) is 10.9 Å². The lowest BCUT2D eigenvalue weighted by Gasteiger charge is -2.07. The molecule has 26 heavy (non-hydrogen) atoms. The number of oxazole rings is 1. The summed E-state index contributed by atoms with van der Waals surface area (Å²) < 4.78 is 5.87. The molecule has 0 bridgehead atoms. The highest BCUT2D eigenvalue weighted by Gasteiger charge is 2.14. The Kier molecular flexibility index (Phi) is 5.94. The molecular weight excluding hydrogens is 348 g/mol. The van der Waals surface area contributed by atoms with Crippen LogP contribution in [0.4, 0.5) is 5.69 Å². The van der Waals surface area contributed by atoms with Crippen LogP contribution in [0.1, 0.15) is 45.1 Å². The van der Waals surface area contributed by atoms with E-state index in [1.807, 2.05) is 24.3 Å². The second-order valence-corrected chi connectivity index (χ2v) is 6.78. The van der Waals surface area contributed by atoms with Gasteiger partial charge < -0.3 is 9.73 Å². The van der Waals surface area contributed by atoms with Gasteiger partial charge >= 0.3 is 0 Å².